The Hall–Kier alpha value is -4.20. The first-order chi connectivity index (χ1) is 14.6. The highest BCUT2D eigenvalue weighted by Crippen LogP contribution is 2.15. The van der Waals surface area contributed by atoms with Crippen molar-refractivity contribution in [2.75, 3.05) is 5.32 Å². The number of nitrogens with zero attached hydrogens (tertiary/aromatic N) is 2. The van der Waals surface area contributed by atoms with E-state index in [1.54, 1.807) is 30.6 Å². The molecule has 0 aliphatic rings. The summed E-state index contributed by atoms with van der Waals surface area (Å²) in [5.41, 5.74) is 2.56. The number of pyridine rings is 1. The molecule has 2 aromatic heterocycles. The van der Waals surface area contributed by atoms with E-state index >= 15 is 0 Å². The summed E-state index contributed by atoms with van der Waals surface area (Å²) in [6, 6.07) is 17.7. The van der Waals surface area contributed by atoms with Crippen LogP contribution in [0, 0.1) is 0 Å². The van der Waals surface area contributed by atoms with Crippen LogP contribution in [0.2, 0.25) is 0 Å². The molecule has 0 radical (unpaired) electrons. The van der Waals surface area contributed by atoms with E-state index in [0.29, 0.717) is 12.2 Å². The number of aromatic amines is 1. The second kappa shape index (κ2) is 8.44. The van der Waals surface area contributed by atoms with Crippen molar-refractivity contribution in [2.45, 2.75) is 13.1 Å². The number of benzene rings is 2. The summed E-state index contributed by atoms with van der Waals surface area (Å²) < 4.78 is 1.21. The van der Waals surface area contributed by atoms with Gasteiger partial charge in [-0.1, -0.05) is 30.3 Å². The fraction of sp³-hybridized carbons (Fsp3) is 0.0909. The summed E-state index contributed by atoms with van der Waals surface area (Å²) in [5, 5.41) is 5.48. The molecule has 150 valence electrons. The summed E-state index contributed by atoms with van der Waals surface area (Å²) in [4.78, 5) is 44.6. The van der Waals surface area contributed by atoms with Crippen molar-refractivity contribution in [3.05, 3.63) is 94.7 Å². The summed E-state index contributed by atoms with van der Waals surface area (Å²) in [5.74, 6) is -0.860. The van der Waals surface area contributed by atoms with Gasteiger partial charge in [-0.3, -0.25) is 14.4 Å². The average Bonchev–Trinajstić information content (AvgIpc) is 3.22. The van der Waals surface area contributed by atoms with Gasteiger partial charge >= 0.3 is 0 Å². The fourth-order valence-electron chi connectivity index (χ4n) is 3.08. The average molecular weight is 401 g/mol. The van der Waals surface area contributed by atoms with Gasteiger partial charge in [0, 0.05) is 18.4 Å². The number of amides is 2. The molecular formula is C22H19N5O3. The second-order valence-corrected chi connectivity index (χ2v) is 6.71. The van der Waals surface area contributed by atoms with Crippen molar-refractivity contribution in [3.8, 4) is 0 Å². The lowest BCUT2D eigenvalue weighted by Crippen LogP contribution is -2.34. The number of hydrogen-bond acceptors (Lipinski definition) is 4. The van der Waals surface area contributed by atoms with Crippen LogP contribution in [0.25, 0.3) is 11.0 Å². The van der Waals surface area contributed by atoms with Gasteiger partial charge in [0.05, 0.1) is 17.4 Å². The molecule has 8 nitrogen and oxygen atoms in total. The molecule has 4 aromatic rings. The predicted molar refractivity (Wildman–Crippen MR) is 113 cm³/mol. The van der Waals surface area contributed by atoms with Gasteiger partial charge in [0.15, 0.2) is 0 Å². The molecule has 8 heteroatoms. The van der Waals surface area contributed by atoms with Crippen LogP contribution < -0.4 is 16.2 Å². The molecule has 0 unspecified atom stereocenters. The normalized spacial score (nSPS) is 10.7. The van der Waals surface area contributed by atoms with E-state index in [4.69, 9.17) is 0 Å². The van der Waals surface area contributed by atoms with Gasteiger partial charge in [-0.2, -0.15) is 0 Å². The Kier molecular flexibility index (Phi) is 5.38. The minimum Gasteiger partial charge on any atom is -0.348 e. The molecule has 0 aliphatic carbocycles. The Morgan fingerprint density at radius 1 is 1.03 bits per heavy atom. The van der Waals surface area contributed by atoms with Crippen LogP contribution in [0.3, 0.4) is 0 Å². The lowest BCUT2D eigenvalue weighted by Gasteiger charge is -2.10. The Labute approximate surface area is 171 Å². The molecule has 2 aromatic carbocycles. The molecule has 4 rings (SSSR count). The van der Waals surface area contributed by atoms with Gasteiger partial charge in [0.1, 0.15) is 12.1 Å². The first-order valence-electron chi connectivity index (χ1n) is 9.35. The van der Waals surface area contributed by atoms with Gasteiger partial charge in [0.2, 0.25) is 5.91 Å². The van der Waals surface area contributed by atoms with Crippen molar-refractivity contribution in [1.29, 1.82) is 0 Å². The van der Waals surface area contributed by atoms with Gasteiger partial charge in [0.25, 0.3) is 11.5 Å². The number of carbonyl (C=O) groups is 2. The van der Waals surface area contributed by atoms with Crippen molar-refractivity contribution in [1.82, 2.24) is 19.9 Å². The highest BCUT2D eigenvalue weighted by molar-refractivity contribution is 5.94. The Morgan fingerprint density at radius 2 is 1.87 bits per heavy atom. The molecule has 0 atom stereocenters. The maximum absolute atomic E-state index is 12.7. The van der Waals surface area contributed by atoms with E-state index in [1.165, 1.54) is 16.8 Å². The van der Waals surface area contributed by atoms with Crippen LogP contribution in [0.1, 0.15) is 15.9 Å². The van der Waals surface area contributed by atoms with E-state index in [1.807, 2.05) is 30.3 Å². The molecule has 0 saturated carbocycles. The Bertz CT molecular complexity index is 1260. The molecule has 3 N–H and O–H groups in total. The minimum atomic E-state index is -0.526. The van der Waals surface area contributed by atoms with Gasteiger partial charge in [-0.15, -0.1) is 0 Å². The molecular weight excluding hydrogens is 382 g/mol. The number of aromatic nitrogens is 3. The van der Waals surface area contributed by atoms with E-state index < -0.39 is 11.5 Å². The number of H-pyrrole nitrogens is 1. The topological polar surface area (TPSA) is 109 Å². The van der Waals surface area contributed by atoms with E-state index in [-0.39, 0.29) is 18.0 Å². The quantitative estimate of drug-likeness (QED) is 0.461. The smallest absolute Gasteiger partial charge is 0.263 e. The molecule has 0 saturated heterocycles. The number of carbonyl (C=O) groups excluding carboxylic acids is 2. The lowest BCUT2D eigenvalue weighted by molar-refractivity contribution is -0.116. The van der Waals surface area contributed by atoms with Gasteiger partial charge in [-0.25, -0.2) is 4.98 Å². The fourth-order valence-corrected chi connectivity index (χ4v) is 3.08. The number of anilines is 1. The van der Waals surface area contributed by atoms with Crippen molar-refractivity contribution < 1.29 is 9.59 Å². The van der Waals surface area contributed by atoms with E-state index in [9.17, 15) is 14.4 Å². The Balaban J connectivity index is 1.43. The zero-order chi connectivity index (χ0) is 20.9. The van der Waals surface area contributed by atoms with Crippen molar-refractivity contribution >= 4 is 28.5 Å². The van der Waals surface area contributed by atoms with Crippen LogP contribution in [0.15, 0.2) is 78.0 Å². The third-order valence-corrected chi connectivity index (χ3v) is 4.58. The molecule has 0 aliphatic heterocycles. The Morgan fingerprint density at radius 3 is 2.70 bits per heavy atom. The zero-order valence-electron chi connectivity index (χ0n) is 16.0. The third-order valence-electron chi connectivity index (χ3n) is 4.58. The third kappa shape index (κ3) is 4.27. The summed E-state index contributed by atoms with van der Waals surface area (Å²) in [7, 11) is 0. The summed E-state index contributed by atoms with van der Waals surface area (Å²) in [6.45, 7) is 0.101. The molecule has 2 amide bonds. The molecule has 0 bridgehead atoms. The maximum Gasteiger partial charge on any atom is 0.263 e. The predicted octanol–water partition coefficient (Wildman–Crippen LogP) is 2.29. The standard InChI is InChI=1S/C22H19N5O3/c28-20(26-16-8-9-18-19(11-16)25-14-24-18)13-27-10-4-7-17(22(27)30)21(29)23-12-15-5-2-1-3-6-15/h1-11,14H,12-13H2,(H,23,29)(H,24,25)(H,26,28). The number of fused-ring (bicyclic) bond motifs is 1. The molecule has 2 heterocycles. The minimum absolute atomic E-state index is 0.0138. The summed E-state index contributed by atoms with van der Waals surface area (Å²) in [6.07, 6.45) is 3.05. The van der Waals surface area contributed by atoms with Crippen LogP contribution in [-0.4, -0.2) is 26.3 Å². The summed E-state index contributed by atoms with van der Waals surface area (Å²) >= 11 is 0. The highest BCUT2D eigenvalue weighted by atomic mass is 16.2. The van der Waals surface area contributed by atoms with Gasteiger partial charge in [-0.05, 0) is 35.9 Å². The number of rotatable bonds is 6. The SMILES string of the molecule is O=C(Cn1cccc(C(=O)NCc2ccccc2)c1=O)Nc1ccc2nc[nH]c2c1. The van der Waals surface area contributed by atoms with E-state index in [2.05, 4.69) is 20.6 Å². The van der Waals surface area contributed by atoms with E-state index in [0.717, 1.165) is 16.6 Å². The number of nitrogens with one attached hydrogen (secondary N) is 3. The van der Waals surface area contributed by atoms with Gasteiger partial charge < -0.3 is 20.2 Å². The first kappa shape index (κ1) is 19.1. The molecule has 0 fully saturated rings. The van der Waals surface area contributed by atoms with Crippen LogP contribution >= 0.6 is 0 Å². The monoisotopic (exact) mass is 401 g/mol. The highest BCUT2D eigenvalue weighted by Gasteiger charge is 2.14. The molecule has 30 heavy (non-hydrogen) atoms. The molecule has 0 spiro atoms. The largest absolute Gasteiger partial charge is 0.348 e. The van der Waals surface area contributed by atoms with Crippen LogP contribution in [-0.2, 0) is 17.9 Å². The number of hydrogen-bond donors (Lipinski definition) is 3. The van der Waals surface area contributed by atoms with Crippen LogP contribution in [0.4, 0.5) is 5.69 Å². The first-order valence-corrected chi connectivity index (χ1v) is 9.35. The van der Waals surface area contributed by atoms with Crippen LogP contribution in [0.5, 0.6) is 0 Å². The van der Waals surface area contributed by atoms with Crippen molar-refractivity contribution in [2.24, 2.45) is 0 Å². The lowest BCUT2D eigenvalue weighted by atomic mass is 10.2. The number of imidazole rings is 1. The maximum atomic E-state index is 12.7. The van der Waals surface area contributed by atoms with Crippen molar-refractivity contribution in [3.63, 3.8) is 0 Å². The second-order valence-electron chi connectivity index (χ2n) is 6.71. The zero-order valence-corrected chi connectivity index (χ0v) is 16.0.